The van der Waals surface area contributed by atoms with Gasteiger partial charge in [-0.3, -0.25) is 0 Å². The second kappa shape index (κ2) is 6.61. The maximum absolute atomic E-state index is 12.2. The molecule has 0 aliphatic carbocycles. The van der Waals surface area contributed by atoms with E-state index >= 15 is 0 Å². The number of fused-ring (bicyclic) bond motifs is 5. The predicted molar refractivity (Wildman–Crippen MR) is 119 cm³/mol. The third-order valence-electron chi connectivity index (χ3n) is 5.92. The number of aliphatic imine (C=N–C) groups is 1. The summed E-state index contributed by atoms with van der Waals surface area (Å²) >= 11 is 0. The van der Waals surface area contributed by atoms with Gasteiger partial charge in [-0.2, -0.15) is 10.1 Å². The molecule has 0 fully saturated rings. The molecule has 0 radical (unpaired) electrons. The van der Waals surface area contributed by atoms with E-state index in [1.807, 2.05) is 6.07 Å². The fraction of sp³-hybridized carbons (Fsp3) is 0.130. The average molecular weight is 440 g/mol. The Morgan fingerprint density at radius 1 is 1.15 bits per heavy atom. The highest BCUT2D eigenvalue weighted by Gasteiger charge is 2.50. The topological polar surface area (TPSA) is 127 Å². The largest absolute Gasteiger partial charge is 0.497 e. The van der Waals surface area contributed by atoms with E-state index in [9.17, 15) is 14.7 Å². The number of aromatic nitrogens is 4. The maximum Gasteiger partial charge on any atom is 0.347 e. The molecule has 2 aliphatic heterocycles. The quantitative estimate of drug-likeness (QED) is 0.408. The van der Waals surface area contributed by atoms with E-state index in [-0.39, 0.29) is 18.1 Å². The van der Waals surface area contributed by atoms with Crippen molar-refractivity contribution in [2.75, 3.05) is 7.11 Å². The van der Waals surface area contributed by atoms with Gasteiger partial charge < -0.3 is 19.7 Å². The van der Waals surface area contributed by atoms with Gasteiger partial charge in [-0.1, -0.05) is 11.8 Å². The molecular weight excluding hydrogens is 424 g/mol. The van der Waals surface area contributed by atoms with Crippen LogP contribution in [0.5, 0.6) is 11.6 Å². The standard InChI is InChI=1S/C23H16N6O4/c1-33-15-6-7-16-17(10-15)20(30)28-11-23(19(18(16)28)25-21(31)26-23)9-8-13-2-4-14(5-3-13)29-12-24-27-22(29)32/h2-7,10,12,30H,11H2,1H3,(H,26,31)(H,27,32)/t23-/m1/s1. The van der Waals surface area contributed by atoms with E-state index in [4.69, 9.17) is 4.74 Å². The van der Waals surface area contributed by atoms with Crippen LogP contribution in [0.4, 0.5) is 4.79 Å². The minimum Gasteiger partial charge on any atom is -0.497 e. The molecule has 4 heterocycles. The molecule has 2 amide bonds. The van der Waals surface area contributed by atoms with Crippen LogP contribution < -0.4 is 15.7 Å². The molecule has 2 aliphatic rings. The van der Waals surface area contributed by atoms with Crippen molar-refractivity contribution in [3.63, 3.8) is 0 Å². The van der Waals surface area contributed by atoms with Crippen molar-refractivity contribution in [2.45, 2.75) is 12.1 Å². The van der Waals surface area contributed by atoms with E-state index in [1.165, 1.54) is 10.9 Å². The Bertz CT molecular complexity index is 1610. The van der Waals surface area contributed by atoms with Crippen molar-refractivity contribution in [3.05, 3.63) is 70.5 Å². The number of amides is 2. The van der Waals surface area contributed by atoms with Crippen molar-refractivity contribution in [2.24, 2.45) is 4.99 Å². The van der Waals surface area contributed by atoms with E-state index < -0.39 is 11.6 Å². The summed E-state index contributed by atoms with van der Waals surface area (Å²) in [6.45, 7) is 0.227. The first-order chi connectivity index (χ1) is 16.0. The average Bonchev–Trinajstić information content (AvgIpc) is 3.53. The first kappa shape index (κ1) is 18.9. The number of benzene rings is 2. The van der Waals surface area contributed by atoms with Gasteiger partial charge in [0.05, 0.1) is 25.0 Å². The molecule has 2 aromatic heterocycles. The highest BCUT2D eigenvalue weighted by atomic mass is 16.5. The van der Waals surface area contributed by atoms with Crippen LogP contribution >= 0.6 is 0 Å². The lowest BCUT2D eigenvalue weighted by atomic mass is 9.94. The van der Waals surface area contributed by atoms with Crippen LogP contribution in [0.2, 0.25) is 0 Å². The molecule has 10 nitrogen and oxygen atoms in total. The number of carbonyl (C=O) groups is 1. The van der Waals surface area contributed by atoms with Gasteiger partial charge in [-0.15, -0.1) is 0 Å². The van der Waals surface area contributed by atoms with Crippen LogP contribution in [0.25, 0.3) is 16.5 Å². The summed E-state index contributed by atoms with van der Waals surface area (Å²) in [5.74, 6) is 6.95. The highest BCUT2D eigenvalue weighted by molar-refractivity contribution is 6.25. The SMILES string of the molecule is COc1ccc2c3n(c(O)c2c1)C[C@@]1(C#Cc2ccc(-n4cn[nH]c4=O)cc2)NC(=O)N=C31. The fourth-order valence-electron chi connectivity index (χ4n) is 4.37. The van der Waals surface area contributed by atoms with Gasteiger partial charge in [-0.25, -0.2) is 19.3 Å². The van der Waals surface area contributed by atoms with E-state index in [0.29, 0.717) is 33.8 Å². The van der Waals surface area contributed by atoms with Gasteiger partial charge in [0.25, 0.3) is 0 Å². The zero-order chi connectivity index (χ0) is 22.7. The summed E-state index contributed by atoms with van der Waals surface area (Å²) < 4.78 is 8.36. The molecule has 0 saturated heterocycles. The Balaban J connectivity index is 1.40. The van der Waals surface area contributed by atoms with Crippen LogP contribution in [-0.4, -0.2) is 48.8 Å². The third-order valence-corrected chi connectivity index (χ3v) is 5.92. The second-order valence-corrected chi connectivity index (χ2v) is 7.79. The number of H-pyrrole nitrogens is 1. The van der Waals surface area contributed by atoms with E-state index in [2.05, 4.69) is 32.3 Å². The summed E-state index contributed by atoms with van der Waals surface area (Å²) in [5.41, 5.74) is 1.11. The number of aromatic hydroxyl groups is 1. The number of rotatable bonds is 2. The number of urea groups is 1. The second-order valence-electron chi connectivity index (χ2n) is 7.79. The summed E-state index contributed by atoms with van der Waals surface area (Å²) in [5, 5.41) is 21.2. The molecule has 0 unspecified atom stereocenters. The minimum absolute atomic E-state index is 0.0707. The number of ether oxygens (including phenoxy) is 1. The maximum atomic E-state index is 12.2. The lowest BCUT2D eigenvalue weighted by Crippen LogP contribution is -2.46. The predicted octanol–water partition coefficient (Wildman–Crippen LogP) is 1.55. The monoisotopic (exact) mass is 440 g/mol. The molecule has 0 bridgehead atoms. The molecule has 10 heteroatoms. The molecule has 33 heavy (non-hydrogen) atoms. The van der Waals surface area contributed by atoms with Crippen molar-refractivity contribution in [1.82, 2.24) is 24.6 Å². The smallest absolute Gasteiger partial charge is 0.347 e. The third kappa shape index (κ3) is 2.69. The van der Waals surface area contributed by atoms with Gasteiger partial charge >= 0.3 is 11.7 Å². The van der Waals surface area contributed by atoms with Gasteiger partial charge in [0.1, 0.15) is 17.8 Å². The number of methoxy groups -OCH3 is 1. The van der Waals surface area contributed by atoms with Crippen molar-refractivity contribution < 1.29 is 14.6 Å². The molecule has 0 saturated carbocycles. The first-order valence-electron chi connectivity index (χ1n) is 10.1. The summed E-state index contributed by atoms with van der Waals surface area (Å²) in [4.78, 5) is 28.2. The number of hydrogen-bond donors (Lipinski definition) is 3. The Hall–Kier alpha value is -4.78. The fourth-order valence-corrected chi connectivity index (χ4v) is 4.37. The van der Waals surface area contributed by atoms with Crippen LogP contribution in [-0.2, 0) is 6.54 Å². The Morgan fingerprint density at radius 2 is 1.97 bits per heavy atom. The van der Waals surface area contributed by atoms with Gasteiger partial charge in [0.2, 0.25) is 0 Å². The lowest BCUT2D eigenvalue weighted by molar-refractivity contribution is 0.247. The Kier molecular flexibility index (Phi) is 3.79. The number of nitrogens with one attached hydrogen (secondary N) is 2. The molecule has 162 valence electrons. The number of aromatic amines is 1. The summed E-state index contributed by atoms with van der Waals surface area (Å²) in [6.07, 6.45) is 1.40. The van der Waals surface area contributed by atoms with Crippen LogP contribution in [0.3, 0.4) is 0 Å². The van der Waals surface area contributed by atoms with Gasteiger partial charge in [-0.05, 0) is 42.5 Å². The normalized spacial score (nSPS) is 18.3. The van der Waals surface area contributed by atoms with E-state index in [1.54, 1.807) is 48.1 Å². The summed E-state index contributed by atoms with van der Waals surface area (Å²) in [7, 11) is 1.56. The zero-order valence-electron chi connectivity index (χ0n) is 17.3. The first-order valence-corrected chi connectivity index (χ1v) is 10.1. The van der Waals surface area contributed by atoms with Crippen molar-refractivity contribution in [1.29, 1.82) is 0 Å². The van der Waals surface area contributed by atoms with Crippen molar-refractivity contribution in [3.8, 4) is 29.2 Å². The van der Waals surface area contributed by atoms with Crippen LogP contribution in [0, 0.1) is 11.8 Å². The Morgan fingerprint density at radius 3 is 2.70 bits per heavy atom. The molecule has 6 rings (SSSR count). The number of nitrogens with zero attached hydrogens (tertiary/aromatic N) is 4. The van der Waals surface area contributed by atoms with Crippen LogP contribution in [0.15, 0.2) is 58.6 Å². The summed E-state index contributed by atoms with van der Waals surface area (Å²) in [6, 6.07) is 12.0. The van der Waals surface area contributed by atoms with Crippen molar-refractivity contribution >= 4 is 22.5 Å². The molecule has 3 N–H and O–H groups in total. The van der Waals surface area contributed by atoms with Crippen LogP contribution in [0.1, 0.15) is 11.3 Å². The highest BCUT2D eigenvalue weighted by Crippen LogP contribution is 2.42. The number of hydrogen-bond acceptors (Lipinski definition) is 5. The van der Waals surface area contributed by atoms with Gasteiger partial charge in [0.15, 0.2) is 11.4 Å². The molecule has 1 atom stereocenters. The molecule has 2 aromatic carbocycles. The minimum atomic E-state index is -1.04. The molecule has 4 aromatic rings. The number of carbonyl (C=O) groups excluding carboxylic acids is 1. The lowest BCUT2D eigenvalue weighted by Gasteiger charge is -2.18. The van der Waals surface area contributed by atoms with E-state index in [0.717, 1.165) is 5.39 Å². The molecule has 0 spiro atoms. The zero-order valence-corrected chi connectivity index (χ0v) is 17.3. The Labute approximate surface area is 186 Å². The van der Waals surface area contributed by atoms with Gasteiger partial charge in [0, 0.05) is 16.3 Å². The molecular formula is C23H16N6O4.